The Kier molecular flexibility index (Phi) is 4.74. The summed E-state index contributed by atoms with van der Waals surface area (Å²) >= 11 is 7.10. The minimum absolute atomic E-state index is 0.270. The highest BCUT2D eigenvalue weighted by atomic mass is 35.5. The first-order chi connectivity index (χ1) is 12.5. The van der Waals surface area contributed by atoms with Gasteiger partial charge in [0.05, 0.1) is 0 Å². The maximum Gasteiger partial charge on any atom is 0.271 e. The van der Waals surface area contributed by atoms with Gasteiger partial charge in [0, 0.05) is 53.2 Å². The molecule has 2 aromatic heterocycles. The molecule has 1 fully saturated rings. The first kappa shape index (κ1) is 17.5. The molecule has 1 aliphatic rings. The molecular formula is C17H17ClN4O2S2. The van der Waals surface area contributed by atoms with Gasteiger partial charge in [-0.25, -0.2) is 13.4 Å². The Morgan fingerprint density at radius 2 is 1.88 bits per heavy atom. The summed E-state index contributed by atoms with van der Waals surface area (Å²) in [7, 11) is -3.67. The van der Waals surface area contributed by atoms with E-state index < -0.39 is 10.0 Å². The maximum atomic E-state index is 12.8. The molecule has 1 aromatic carbocycles. The van der Waals surface area contributed by atoms with Gasteiger partial charge in [0.15, 0.2) is 0 Å². The molecule has 26 heavy (non-hydrogen) atoms. The van der Waals surface area contributed by atoms with Crippen LogP contribution in [0.25, 0.3) is 10.1 Å². The zero-order valence-electron chi connectivity index (χ0n) is 13.8. The summed E-state index contributed by atoms with van der Waals surface area (Å²) in [6, 6.07) is 10.1. The predicted molar refractivity (Wildman–Crippen MR) is 107 cm³/mol. The lowest BCUT2D eigenvalue weighted by Crippen LogP contribution is -2.43. The highest BCUT2D eigenvalue weighted by Crippen LogP contribution is 2.35. The van der Waals surface area contributed by atoms with E-state index in [4.69, 9.17) is 11.6 Å². The van der Waals surface area contributed by atoms with Crippen molar-refractivity contribution in [3.63, 3.8) is 0 Å². The van der Waals surface area contributed by atoms with Gasteiger partial charge in [-0.2, -0.15) is 0 Å². The minimum Gasteiger partial charge on any atom is -0.354 e. The van der Waals surface area contributed by atoms with Crippen LogP contribution in [0.1, 0.15) is 0 Å². The summed E-state index contributed by atoms with van der Waals surface area (Å²) in [6.45, 7) is 3.50. The fourth-order valence-electron chi connectivity index (χ4n) is 2.91. The van der Waals surface area contributed by atoms with Crippen LogP contribution in [-0.2, 0) is 10.0 Å². The fourth-order valence-corrected chi connectivity index (χ4v) is 5.47. The van der Waals surface area contributed by atoms with Gasteiger partial charge in [-0.05, 0) is 36.4 Å². The Labute approximate surface area is 160 Å². The van der Waals surface area contributed by atoms with Crippen molar-refractivity contribution in [1.82, 2.24) is 10.3 Å². The largest absolute Gasteiger partial charge is 0.354 e. The number of thiophene rings is 1. The molecule has 0 saturated carbocycles. The SMILES string of the molecule is O=S(=O)(Nc1ccc(Cl)cc1)c1cc2c(N3CCNCC3)nccc2s1. The van der Waals surface area contributed by atoms with Gasteiger partial charge in [-0.3, -0.25) is 4.72 Å². The van der Waals surface area contributed by atoms with Crippen molar-refractivity contribution >= 4 is 54.6 Å². The molecule has 1 saturated heterocycles. The number of halogens is 1. The standard InChI is InChI=1S/C17H17ClN4O2S2/c18-12-1-3-13(4-2-12)21-26(23,24)16-11-14-15(25-16)5-6-20-17(14)22-9-7-19-8-10-22/h1-6,11,19,21H,7-10H2. The molecule has 0 atom stereocenters. The second-order valence-corrected chi connectivity index (χ2v) is 9.39. The summed E-state index contributed by atoms with van der Waals surface area (Å²) in [5.41, 5.74) is 0.479. The molecule has 136 valence electrons. The Morgan fingerprint density at radius 3 is 2.62 bits per heavy atom. The fraction of sp³-hybridized carbons (Fsp3) is 0.235. The van der Waals surface area contributed by atoms with Gasteiger partial charge in [0.25, 0.3) is 10.0 Å². The van der Waals surface area contributed by atoms with Crippen molar-refractivity contribution in [2.75, 3.05) is 35.8 Å². The Hall–Kier alpha value is -1.87. The lowest BCUT2D eigenvalue weighted by molar-refractivity contribution is 0.586. The summed E-state index contributed by atoms with van der Waals surface area (Å²) in [5, 5.41) is 4.74. The number of pyridine rings is 1. The van der Waals surface area contributed by atoms with Crippen molar-refractivity contribution in [3.8, 4) is 0 Å². The molecule has 0 spiro atoms. The number of piperazine rings is 1. The van der Waals surface area contributed by atoms with E-state index in [0.717, 1.165) is 42.1 Å². The first-order valence-electron chi connectivity index (χ1n) is 8.15. The van der Waals surface area contributed by atoms with E-state index >= 15 is 0 Å². The quantitative estimate of drug-likeness (QED) is 0.693. The third-order valence-corrected chi connectivity index (χ3v) is 7.39. The highest BCUT2D eigenvalue weighted by molar-refractivity contribution is 7.94. The lowest BCUT2D eigenvalue weighted by atomic mass is 10.2. The molecule has 1 aliphatic heterocycles. The van der Waals surface area contributed by atoms with Gasteiger partial charge in [0.2, 0.25) is 0 Å². The van der Waals surface area contributed by atoms with Crippen LogP contribution in [0, 0.1) is 0 Å². The normalized spacial score (nSPS) is 15.3. The van der Waals surface area contributed by atoms with Crippen LogP contribution in [0.15, 0.2) is 46.8 Å². The van der Waals surface area contributed by atoms with Crippen molar-refractivity contribution in [2.24, 2.45) is 0 Å². The van der Waals surface area contributed by atoms with Crippen LogP contribution in [0.2, 0.25) is 5.02 Å². The van der Waals surface area contributed by atoms with Crippen LogP contribution >= 0.6 is 22.9 Å². The highest BCUT2D eigenvalue weighted by Gasteiger charge is 2.21. The third kappa shape index (κ3) is 3.50. The molecule has 0 amide bonds. The average Bonchev–Trinajstić information content (AvgIpc) is 3.09. The van der Waals surface area contributed by atoms with Crippen LogP contribution in [0.4, 0.5) is 11.5 Å². The number of nitrogens with one attached hydrogen (secondary N) is 2. The van der Waals surface area contributed by atoms with E-state index in [-0.39, 0.29) is 4.21 Å². The lowest BCUT2D eigenvalue weighted by Gasteiger charge is -2.28. The third-order valence-electron chi connectivity index (χ3n) is 4.18. The second kappa shape index (κ2) is 7.03. The molecule has 2 N–H and O–H groups in total. The molecule has 0 bridgehead atoms. The number of nitrogens with zero attached hydrogens (tertiary/aromatic N) is 2. The summed E-state index contributed by atoms with van der Waals surface area (Å²) in [4.78, 5) is 6.68. The van der Waals surface area contributed by atoms with Crippen LogP contribution in [0.5, 0.6) is 0 Å². The summed E-state index contributed by atoms with van der Waals surface area (Å²) < 4.78 is 29.3. The molecule has 3 heterocycles. The molecular weight excluding hydrogens is 392 g/mol. The molecule has 6 nitrogen and oxygen atoms in total. The Bertz CT molecular complexity index is 1030. The zero-order valence-corrected chi connectivity index (χ0v) is 16.2. The molecule has 3 aromatic rings. The average molecular weight is 409 g/mol. The zero-order chi connectivity index (χ0) is 18.1. The maximum absolute atomic E-state index is 12.8. The topological polar surface area (TPSA) is 74.3 Å². The predicted octanol–water partition coefficient (Wildman–Crippen LogP) is 3.16. The van der Waals surface area contributed by atoms with Crippen molar-refractivity contribution in [3.05, 3.63) is 47.6 Å². The molecule has 0 aliphatic carbocycles. The van der Waals surface area contributed by atoms with Crippen molar-refractivity contribution < 1.29 is 8.42 Å². The number of fused-ring (bicyclic) bond motifs is 1. The summed E-state index contributed by atoms with van der Waals surface area (Å²) in [6.07, 6.45) is 1.74. The molecule has 4 rings (SSSR count). The van der Waals surface area contributed by atoms with E-state index in [1.165, 1.54) is 11.3 Å². The number of rotatable bonds is 4. The first-order valence-corrected chi connectivity index (χ1v) is 10.8. The molecule has 9 heteroatoms. The van der Waals surface area contributed by atoms with E-state index in [1.807, 2.05) is 6.07 Å². The second-order valence-electron chi connectivity index (χ2n) is 5.96. The number of anilines is 2. The van der Waals surface area contributed by atoms with Crippen molar-refractivity contribution in [2.45, 2.75) is 4.21 Å². The molecule has 0 radical (unpaired) electrons. The Balaban J connectivity index is 1.69. The van der Waals surface area contributed by atoms with Gasteiger partial charge in [-0.15, -0.1) is 11.3 Å². The number of hydrogen-bond donors (Lipinski definition) is 2. The Morgan fingerprint density at radius 1 is 1.15 bits per heavy atom. The van der Waals surface area contributed by atoms with E-state index in [9.17, 15) is 8.42 Å². The van der Waals surface area contributed by atoms with Gasteiger partial charge < -0.3 is 10.2 Å². The smallest absolute Gasteiger partial charge is 0.271 e. The van der Waals surface area contributed by atoms with E-state index in [2.05, 4.69) is 19.9 Å². The van der Waals surface area contributed by atoms with Crippen LogP contribution < -0.4 is 14.9 Å². The van der Waals surface area contributed by atoms with E-state index in [1.54, 1.807) is 36.5 Å². The number of benzene rings is 1. The number of hydrogen-bond acceptors (Lipinski definition) is 6. The minimum atomic E-state index is -3.67. The number of aromatic nitrogens is 1. The number of sulfonamides is 1. The van der Waals surface area contributed by atoms with Gasteiger partial charge in [0.1, 0.15) is 10.0 Å². The summed E-state index contributed by atoms with van der Waals surface area (Å²) in [5.74, 6) is 0.841. The molecule has 0 unspecified atom stereocenters. The van der Waals surface area contributed by atoms with E-state index in [0.29, 0.717) is 10.7 Å². The van der Waals surface area contributed by atoms with Gasteiger partial charge >= 0.3 is 0 Å². The monoisotopic (exact) mass is 408 g/mol. The van der Waals surface area contributed by atoms with Gasteiger partial charge in [-0.1, -0.05) is 11.6 Å². The van der Waals surface area contributed by atoms with Crippen molar-refractivity contribution in [1.29, 1.82) is 0 Å². The van der Waals surface area contributed by atoms with Crippen LogP contribution in [-0.4, -0.2) is 39.6 Å². The van der Waals surface area contributed by atoms with Crippen LogP contribution in [0.3, 0.4) is 0 Å².